The second-order valence-corrected chi connectivity index (χ2v) is 15.3. The third-order valence-corrected chi connectivity index (χ3v) is 9.52. The molecule has 0 saturated heterocycles. The second-order valence-electron chi connectivity index (χ2n) is 12.7. The van der Waals surface area contributed by atoms with E-state index in [1.165, 1.54) is 44.9 Å². The van der Waals surface area contributed by atoms with Crippen molar-refractivity contribution >= 4 is 41.1 Å². The molecular formula is C39H76O16P2S. The first kappa shape index (κ1) is 54.7. The van der Waals surface area contributed by atoms with E-state index in [1.807, 2.05) is 0 Å². The highest BCUT2D eigenvalue weighted by Gasteiger charge is 2.54. The number of carbonyl (C=O) groups excluding carboxylic acids is 2. The largest absolute Gasteiger partial charge is 0.472 e. The molecule has 344 valence electrons. The summed E-state index contributed by atoms with van der Waals surface area (Å²) in [6, 6.07) is 0. The van der Waals surface area contributed by atoms with Gasteiger partial charge < -0.3 is 44.6 Å². The van der Waals surface area contributed by atoms with Crippen LogP contribution in [0.4, 0.5) is 0 Å². The van der Waals surface area contributed by atoms with E-state index in [9.17, 15) is 44.0 Å². The van der Waals surface area contributed by atoms with Crippen molar-refractivity contribution in [3.63, 3.8) is 0 Å². The predicted molar refractivity (Wildman–Crippen MR) is 239 cm³/mol. The molecule has 4 unspecified atom stereocenters. The average Bonchev–Trinajstić information content (AvgIpc) is 3.16. The molecule has 1 aliphatic carbocycles. The van der Waals surface area contributed by atoms with Gasteiger partial charge in [-0.05, 0) is 72.5 Å². The molecule has 0 bridgehead atoms. The topological polar surface area (TPSA) is 256 Å². The lowest BCUT2D eigenvalue weighted by atomic mass is 9.85. The Morgan fingerprint density at radius 1 is 0.621 bits per heavy atom. The molecule has 1 rings (SSSR count). The fourth-order valence-corrected chi connectivity index (χ4v) is 6.74. The van der Waals surface area contributed by atoms with Gasteiger partial charge in [0.15, 0.2) is 6.10 Å². The predicted octanol–water partition coefficient (Wildman–Crippen LogP) is 5.22. The zero-order chi connectivity index (χ0) is 42.5. The summed E-state index contributed by atoms with van der Waals surface area (Å²) in [6.07, 6.45) is -0.999. The molecule has 0 aromatic carbocycles. The quantitative estimate of drug-likeness (QED) is 0.0216. The Hall–Kier alpha value is -3.29. The molecule has 1 aliphatic rings. The molecule has 0 aromatic rings. The van der Waals surface area contributed by atoms with Crippen molar-refractivity contribution in [1.82, 2.24) is 0 Å². The van der Waals surface area contributed by atoms with Crippen LogP contribution in [-0.2, 0) is 41.8 Å². The summed E-state index contributed by atoms with van der Waals surface area (Å²) in [5, 5.41) is 41.2. The number of ether oxygens (including phenoxy) is 2. The Kier molecular flexibility index (Phi) is 29.8. The van der Waals surface area contributed by atoms with Crippen molar-refractivity contribution in [2.45, 2.75) is 146 Å². The van der Waals surface area contributed by atoms with Crippen LogP contribution in [0, 0.1) is 71.0 Å². The van der Waals surface area contributed by atoms with Gasteiger partial charge in [0.05, 0.1) is 6.61 Å². The third kappa shape index (κ3) is 25.9. The lowest BCUT2D eigenvalue weighted by molar-refractivity contribution is -0.216. The number of aliphatic hydroxyl groups excluding tert-OH is 4. The second kappa shape index (κ2) is 31.6. The minimum absolute atomic E-state index is 0. The highest BCUT2D eigenvalue weighted by Crippen LogP contribution is 2.48. The fraction of sp³-hybridized carbons (Fsp3) is 0.641. The first-order valence-electron chi connectivity index (χ1n) is 18.5. The van der Waals surface area contributed by atoms with Gasteiger partial charge in [0.1, 0.15) is 43.2 Å². The molecule has 16 nitrogen and oxygen atoms in total. The number of phosphoric acid groups is 2. The van der Waals surface area contributed by atoms with E-state index in [1.54, 1.807) is 6.92 Å². The summed E-state index contributed by atoms with van der Waals surface area (Å²) in [5.74, 6) is 26.7. The smallest absolute Gasteiger partial charge is 0.456 e. The fourth-order valence-electron chi connectivity index (χ4n) is 5.20. The van der Waals surface area contributed by atoms with Crippen molar-refractivity contribution in [3.8, 4) is 71.0 Å². The van der Waals surface area contributed by atoms with Gasteiger partial charge in [0.25, 0.3) is 0 Å². The number of unbranched alkanes of at least 4 members (excludes halogenated alkanes) is 12. The SMILES string of the molecule is CC#CC#CC#CC#CC#CC#CC(=O)OC[C@H](COP(=O)(O)OC1C(O)[C@@H](O)C(OP(=O)(O)O)[C@@H](O)[C@H]1O)OC(=O)CCCCCCCCCCCCCCC.S.[HH].[HH].[HH].[HH].[HH].[HH].[HH].[HH].[HH].[HH].[HH]. The maximum Gasteiger partial charge on any atom is 0.472 e. The Balaban J connectivity index is -0.000000271. The Bertz CT molecular complexity index is 1780. The standard InChI is InChI=1S/C39H52O16P2.H2S.11H2/c1-3-5-7-9-11-13-15-16-18-20-22-24-26-28-33(41)53-31(29-51-32(40)27-25-23-21-19-17-14-12-10-8-6-4-2)30-52-57(49,50)55-39-36(44)34(42)38(35(43)37(39)45)54-56(46,47)48;;;;;;;;;;;;/h31,34-39,42-45H,3,5,7,9,11,13,15-16,18,20,22,24,26,28-30H2,1-2H3,(H,49,50)(H2,46,47,48);1H2;11*1H/t31-,34-,35+,36?,37-,38?,39?;;;;;;;;;;;;/m1............/s1. The highest BCUT2D eigenvalue weighted by atomic mass is 32.1. The van der Waals surface area contributed by atoms with Crippen molar-refractivity contribution in [1.29, 1.82) is 0 Å². The van der Waals surface area contributed by atoms with Gasteiger partial charge >= 0.3 is 27.6 Å². The summed E-state index contributed by atoms with van der Waals surface area (Å²) in [7, 11) is -10.7. The molecule has 0 heterocycles. The van der Waals surface area contributed by atoms with Crippen LogP contribution >= 0.6 is 29.1 Å². The molecule has 1 saturated carbocycles. The van der Waals surface area contributed by atoms with E-state index in [0.717, 1.165) is 32.1 Å². The van der Waals surface area contributed by atoms with E-state index in [0.29, 0.717) is 6.42 Å². The summed E-state index contributed by atoms with van der Waals surface area (Å²) in [6.45, 7) is 2.18. The number of hydrogen-bond acceptors (Lipinski definition) is 13. The molecule has 0 radical (unpaired) electrons. The third-order valence-electron chi connectivity index (χ3n) is 8.02. The summed E-state index contributed by atoms with van der Waals surface area (Å²) in [4.78, 5) is 53.2. The first-order chi connectivity index (χ1) is 27.1. The summed E-state index contributed by atoms with van der Waals surface area (Å²) < 4.78 is 48.2. The lowest BCUT2D eigenvalue weighted by Gasteiger charge is -2.43. The van der Waals surface area contributed by atoms with Gasteiger partial charge in [-0.3, -0.25) is 18.4 Å². The zero-order valence-corrected chi connectivity index (χ0v) is 35.3. The van der Waals surface area contributed by atoms with Crippen LogP contribution in [0.1, 0.15) is 119 Å². The Labute approximate surface area is 364 Å². The average molecular weight is 895 g/mol. The van der Waals surface area contributed by atoms with Gasteiger partial charge in [0.2, 0.25) is 0 Å². The van der Waals surface area contributed by atoms with E-state index >= 15 is 0 Å². The number of esters is 2. The van der Waals surface area contributed by atoms with Crippen LogP contribution in [0.15, 0.2) is 0 Å². The summed E-state index contributed by atoms with van der Waals surface area (Å²) in [5.41, 5.74) is 0. The molecule has 19 heteroatoms. The number of carbonyl (C=O) groups is 2. The summed E-state index contributed by atoms with van der Waals surface area (Å²) >= 11 is 0. The van der Waals surface area contributed by atoms with Crippen LogP contribution in [-0.4, -0.2) is 103 Å². The molecule has 7 N–H and O–H groups in total. The molecule has 58 heavy (non-hydrogen) atoms. The van der Waals surface area contributed by atoms with Crippen LogP contribution in [0.5, 0.6) is 0 Å². The molecule has 1 fully saturated rings. The zero-order valence-electron chi connectivity index (χ0n) is 32.6. The molecular weight excluding hydrogens is 818 g/mol. The number of hydrogen-bond donors (Lipinski definition) is 7. The van der Waals surface area contributed by atoms with E-state index in [2.05, 4.69) is 82.5 Å². The number of phosphoric ester groups is 2. The van der Waals surface area contributed by atoms with Crippen molar-refractivity contribution in [3.05, 3.63) is 0 Å². The molecule has 0 spiro atoms. The molecule has 0 aliphatic heterocycles. The minimum Gasteiger partial charge on any atom is -0.456 e. The van der Waals surface area contributed by atoms with E-state index < -0.39 is 83.5 Å². The van der Waals surface area contributed by atoms with Gasteiger partial charge in [-0.15, -0.1) is 0 Å². The first-order valence-corrected chi connectivity index (χ1v) is 21.5. The van der Waals surface area contributed by atoms with Gasteiger partial charge in [-0.1, -0.05) is 89.9 Å². The van der Waals surface area contributed by atoms with E-state index in [-0.39, 0.29) is 35.6 Å². The van der Waals surface area contributed by atoms with Crippen molar-refractivity contribution in [2.75, 3.05) is 13.2 Å². The number of aliphatic hydroxyl groups is 4. The normalized spacial score (nSPS) is 20.8. The lowest BCUT2D eigenvalue weighted by Crippen LogP contribution is -2.64. The van der Waals surface area contributed by atoms with Crippen LogP contribution in [0.2, 0.25) is 0 Å². The van der Waals surface area contributed by atoms with Crippen molar-refractivity contribution in [2.24, 2.45) is 0 Å². The van der Waals surface area contributed by atoms with Crippen LogP contribution in [0.3, 0.4) is 0 Å². The monoisotopic (exact) mass is 894 g/mol. The molecule has 0 amide bonds. The minimum atomic E-state index is -5.34. The Morgan fingerprint density at radius 2 is 1.03 bits per heavy atom. The number of rotatable bonds is 24. The van der Waals surface area contributed by atoms with Crippen LogP contribution < -0.4 is 0 Å². The van der Waals surface area contributed by atoms with Crippen LogP contribution in [0.25, 0.3) is 0 Å². The van der Waals surface area contributed by atoms with Gasteiger partial charge in [0, 0.05) is 28.0 Å². The highest BCUT2D eigenvalue weighted by molar-refractivity contribution is 7.59. The maximum absolute atomic E-state index is 12.8. The molecule has 8 atom stereocenters. The van der Waals surface area contributed by atoms with Gasteiger partial charge in [-0.25, -0.2) is 13.9 Å². The van der Waals surface area contributed by atoms with E-state index in [4.69, 9.17) is 28.3 Å². The maximum atomic E-state index is 12.8. The Morgan fingerprint density at radius 3 is 1.48 bits per heavy atom. The molecule has 0 aromatic heterocycles. The van der Waals surface area contributed by atoms with Crippen molar-refractivity contribution < 1.29 is 92.6 Å². The van der Waals surface area contributed by atoms with Gasteiger partial charge in [-0.2, -0.15) is 13.5 Å².